The van der Waals surface area contributed by atoms with E-state index in [1.807, 2.05) is 24.4 Å². The van der Waals surface area contributed by atoms with Crippen molar-refractivity contribution in [3.8, 4) is 0 Å². The lowest BCUT2D eigenvalue weighted by Gasteiger charge is -2.57. The highest BCUT2D eigenvalue weighted by Gasteiger charge is 2.51. The van der Waals surface area contributed by atoms with Gasteiger partial charge in [0.25, 0.3) is 5.91 Å². The summed E-state index contributed by atoms with van der Waals surface area (Å²) in [5.41, 5.74) is 1.59. The van der Waals surface area contributed by atoms with E-state index >= 15 is 0 Å². The number of carbonyl (C=O) groups is 1. The van der Waals surface area contributed by atoms with E-state index in [0.29, 0.717) is 11.6 Å². The van der Waals surface area contributed by atoms with Crippen LogP contribution in [-0.2, 0) is 4.74 Å². The summed E-state index contributed by atoms with van der Waals surface area (Å²) < 4.78 is 7.18. The lowest BCUT2D eigenvalue weighted by Crippen LogP contribution is -2.67. The maximum atomic E-state index is 12.7. The van der Waals surface area contributed by atoms with E-state index in [4.69, 9.17) is 4.74 Å². The number of fused-ring (bicyclic) bond motifs is 1. The Morgan fingerprint density at radius 3 is 2.88 bits per heavy atom. The molecule has 2 atom stereocenters. The van der Waals surface area contributed by atoms with Crippen LogP contribution in [0.4, 0.5) is 0 Å². The van der Waals surface area contributed by atoms with Gasteiger partial charge in [0.05, 0.1) is 30.5 Å². The molecule has 128 valence electrons. The molecule has 24 heavy (non-hydrogen) atoms. The molecule has 0 spiro atoms. The minimum absolute atomic E-state index is 0.0143. The molecule has 2 unspecified atom stereocenters. The van der Waals surface area contributed by atoms with Crippen LogP contribution in [0, 0.1) is 5.41 Å². The van der Waals surface area contributed by atoms with Crippen LogP contribution in [-0.4, -0.2) is 58.8 Å². The van der Waals surface area contributed by atoms with Crippen LogP contribution >= 0.6 is 0 Å². The summed E-state index contributed by atoms with van der Waals surface area (Å²) >= 11 is 0. The van der Waals surface area contributed by atoms with Gasteiger partial charge in [-0.3, -0.25) is 9.69 Å². The Labute approximate surface area is 141 Å². The van der Waals surface area contributed by atoms with Gasteiger partial charge < -0.3 is 10.1 Å². The molecule has 0 radical (unpaired) electrons. The number of nitrogens with one attached hydrogen (secondary N) is 1. The van der Waals surface area contributed by atoms with Crippen molar-refractivity contribution in [1.82, 2.24) is 19.8 Å². The molecule has 1 aliphatic heterocycles. The van der Waals surface area contributed by atoms with Gasteiger partial charge in [-0.25, -0.2) is 4.52 Å². The first-order valence-electron chi connectivity index (χ1n) is 8.62. The first-order valence-corrected chi connectivity index (χ1v) is 8.62. The molecule has 2 aromatic rings. The van der Waals surface area contributed by atoms with Gasteiger partial charge >= 0.3 is 0 Å². The van der Waals surface area contributed by atoms with Crippen LogP contribution in [0.2, 0.25) is 0 Å². The fraction of sp³-hybridized carbons (Fsp3) is 0.556. The molecule has 4 rings (SSSR count). The largest absolute Gasteiger partial charge is 0.379 e. The topological polar surface area (TPSA) is 58.9 Å². The van der Waals surface area contributed by atoms with E-state index in [2.05, 4.69) is 29.2 Å². The molecule has 1 saturated carbocycles. The summed E-state index contributed by atoms with van der Waals surface area (Å²) in [7, 11) is 0. The van der Waals surface area contributed by atoms with Crippen LogP contribution in [0.1, 0.15) is 30.6 Å². The van der Waals surface area contributed by atoms with Gasteiger partial charge in [0.15, 0.2) is 0 Å². The molecule has 1 aliphatic carbocycles. The summed E-state index contributed by atoms with van der Waals surface area (Å²) in [5.74, 6) is -0.0143. The number of pyridine rings is 1. The van der Waals surface area contributed by atoms with Crippen LogP contribution in [0.25, 0.3) is 5.52 Å². The molecule has 6 nitrogen and oxygen atoms in total. The zero-order chi connectivity index (χ0) is 16.7. The van der Waals surface area contributed by atoms with Gasteiger partial charge in [0, 0.05) is 36.8 Å². The second kappa shape index (κ2) is 5.86. The maximum Gasteiger partial charge on any atom is 0.253 e. The van der Waals surface area contributed by atoms with E-state index in [1.54, 1.807) is 10.7 Å². The molecule has 6 heteroatoms. The molecular weight excluding hydrogens is 304 g/mol. The van der Waals surface area contributed by atoms with E-state index in [9.17, 15) is 4.79 Å². The molecule has 1 saturated heterocycles. The van der Waals surface area contributed by atoms with Crippen LogP contribution < -0.4 is 5.32 Å². The number of carbonyl (C=O) groups excluding carboxylic acids is 1. The van der Waals surface area contributed by atoms with Gasteiger partial charge in [0.2, 0.25) is 0 Å². The van der Waals surface area contributed by atoms with Crippen LogP contribution in [0.3, 0.4) is 0 Å². The minimum atomic E-state index is -0.0143. The monoisotopic (exact) mass is 328 g/mol. The van der Waals surface area contributed by atoms with Crippen molar-refractivity contribution >= 4 is 11.4 Å². The smallest absolute Gasteiger partial charge is 0.253 e. The highest BCUT2D eigenvalue weighted by atomic mass is 16.5. The van der Waals surface area contributed by atoms with Gasteiger partial charge in [-0.05, 0) is 24.6 Å². The Morgan fingerprint density at radius 2 is 2.12 bits per heavy atom. The Balaban J connectivity index is 1.46. The SMILES string of the molecule is CC1(C)C(NC(=O)c2cccn3nccc23)CC1N1CCOCC1. The standard InChI is InChI=1S/C18H24N4O2/c1-18(2)15(12-16(18)21-8-10-24-11-9-21)20-17(23)13-4-3-7-22-14(13)5-6-19-22/h3-7,15-16H,8-12H2,1-2H3,(H,20,23). The van der Waals surface area contributed by atoms with Crippen molar-refractivity contribution < 1.29 is 9.53 Å². The summed E-state index contributed by atoms with van der Waals surface area (Å²) in [5, 5.41) is 7.43. The van der Waals surface area contributed by atoms with Crippen LogP contribution in [0.15, 0.2) is 30.6 Å². The van der Waals surface area contributed by atoms with Gasteiger partial charge in [-0.1, -0.05) is 13.8 Å². The molecule has 0 aromatic carbocycles. The second-order valence-corrected chi connectivity index (χ2v) is 7.33. The quantitative estimate of drug-likeness (QED) is 0.929. The lowest BCUT2D eigenvalue weighted by atomic mass is 9.62. The summed E-state index contributed by atoms with van der Waals surface area (Å²) in [6, 6.07) is 6.30. The Hall–Kier alpha value is -1.92. The van der Waals surface area contributed by atoms with E-state index in [-0.39, 0.29) is 17.4 Å². The maximum absolute atomic E-state index is 12.7. The number of rotatable bonds is 3. The van der Waals surface area contributed by atoms with Crippen molar-refractivity contribution in [2.75, 3.05) is 26.3 Å². The fourth-order valence-electron chi connectivity index (χ4n) is 4.04. The third-order valence-corrected chi connectivity index (χ3v) is 5.69. The third-order valence-electron chi connectivity index (χ3n) is 5.69. The highest BCUT2D eigenvalue weighted by molar-refractivity contribution is 6.00. The number of ether oxygens (including phenoxy) is 1. The first kappa shape index (κ1) is 15.6. The zero-order valence-corrected chi connectivity index (χ0v) is 14.2. The molecule has 1 N–H and O–H groups in total. The number of hydrogen-bond donors (Lipinski definition) is 1. The average molecular weight is 328 g/mol. The van der Waals surface area contributed by atoms with E-state index in [1.165, 1.54) is 0 Å². The van der Waals surface area contributed by atoms with Crippen LogP contribution in [0.5, 0.6) is 0 Å². The molecule has 2 fully saturated rings. The molecule has 0 bridgehead atoms. The number of nitrogens with zero attached hydrogens (tertiary/aromatic N) is 3. The molecular formula is C18H24N4O2. The summed E-state index contributed by atoms with van der Waals surface area (Å²) in [6.07, 6.45) is 4.57. The predicted octanol–water partition coefficient (Wildman–Crippen LogP) is 1.56. The summed E-state index contributed by atoms with van der Waals surface area (Å²) in [6.45, 7) is 8.11. The average Bonchev–Trinajstić information content (AvgIpc) is 3.07. The third kappa shape index (κ3) is 2.50. The van der Waals surface area contributed by atoms with Gasteiger partial charge in [-0.15, -0.1) is 0 Å². The Bertz CT molecular complexity index is 748. The second-order valence-electron chi connectivity index (χ2n) is 7.33. The van der Waals surface area contributed by atoms with Crippen molar-refractivity contribution in [3.63, 3.8) is 0 Å². The van der Waals surface area contributed by atoms with Gasteiger partial charge in [-0.2, -0.15) is 5.10 Å². The summed E-state index contributed by atoms with van der Waals surface area (Å²) in [4.78, 5) is 15.2. The molecule has 3 heterocycles. The first-order chi connectivity index (χ1) is 11.6. The Kier molecular flexibility index (Phi) is 3.81. The molecule has 2 aliphatic rings. The highest BCUT2D eigenvalue weighted by Crippen LogP contribution is 2.44. The fourth-order valence-corrected chi connectivity index (χ4v) is 4.04. The molecule has 1 amide bonds. The normalized spacial score (nSPS) is 26.9. The number of amides is 1. The van der Waals surface area contributed by atoms with Crippen molar-refractivity contribution in [3.05, 3.63) is 36.2 Å². The van der Waals surface area contributed by atoms with E-state index in [0.717, 1.165) is 38.2 Å². The van der Waals surface area contributed by atoms with E-state index < -0.39 is 0 Å². The number of aromatic nitrogens is 2. The number of hydrogen-bond acceptors (Lipinski definition) is 4. The molecule has 2 aromatic heterocycles. The zero-order valence-electron chi connectivity index (χ0n) is 14.2. The predicted molar refractivity (Wildman–Crippen MR) is 91.0 cm³/mol. The van der Waals surface area contributed by atoms with Crippen molar-refractivity contribution in [2.24, 2.45) is 5.41 Å². The Morgan fingerprint density at radius 1 is 1.33 bits per heavy atom. The lowest BCUT2D eigenvalue weighted by molar-refractivity contribution is -0.0750. The minimum Gasteiger partial charge on any atom is -0.379 e. The van der Waals surface area contributed by atoms with Crippen molar-refractivity contribution in [1.29, 1.82) is 0 Å². The van der Waals surface area contributed by atoms with Crippen molar-refractivity contribution in [2.45, 2.75) is 32.4 Å². The van der Waals surface area contributed by atoms with Gasteiger partial charge in [0.1, 0.15) is 0 Å². The number of morpholine rings is 1.